The Labute approximate surface area is 98.7 Å². The lowest BCUT2D eigenvalue weighted by Crippen LogP contribution is -1.90. The van der Waals surface area contributed by atoms with Crippen LogP contribution in [0.5, 0.6) is 11.5 Å². The second kappa shape index (κ2) is 4.45. The molecule has 0 amide bonds. The van der Waals surface area contributed by atoms with Crippen molar-refractivity contribution in [2.45, 2.75) is 6.42 Å². The van der Waals surface area contributed by atoms with Gasteiger partial charge in [-0.2, -0.15) is 0 Å². The molecular weight excluding hydrogens is 224 g/mol. The summed E-state index contributed by atoms with van der Waals surface area (Å²) in [7, 11) is 0. The Morgan fingerprint density at radius 1 is 0.938 bits per heavy atom. The average Bonchev–Trinajstić information content (AvgIpc) is 2.31. The number of hydrogen-bond acceptors (Lipinski definition) is 2. The van der Waals surface area contributed by atoms with Crippen molar-refractivity contribution in [2.24, 2.45) is 0 Å². The lowest BCUT2D eigenvalue weighted by Gasteiger charge is -2.08. The van der Waals surface area contributed by atoms with E-state index in [9.17, 15) is 10.2 Å². The van der Waals surface area contributed by atoms with Gasteiger partial charge in [-0.1, -0.05) is 41.9 Å². The molecule has 2 rings (SSSR count). The molecule has 0 unspecified atom stereocenters. The Morgan fingerprint density at radius 3 is 2.31 bits per heavy atom. The van der Waals surface area contributed by atoms with Crippen LogP contribution >= 0.6 is 11.6 Å². The lowest BCUT2D eigenvalue weighted by molar-refractivity contribution is 0.440. The molecule has 0 bridgehead atoms. The van der Waals surface area contributed by atoms with Gasteiger partial charge in [0.25, 0.3) is 0 Å². The molecule has 0 aliphatic carbocycles. The van der Waals surface area contributed by atoms with Crippen LogP contribution in [0.15, 0.2) is 42.5 Å². The standard InChI is InChI=1S/C13H11ClO2/c14-11-6-7-12(15)10(13(11)16)8-9-4-2-1-3-5-9/h1-7,15-16H,8H2. The average molecular weight is 235 g/mol. The number of phenolic OH excluding ortho intramolecular Hbond substituents is 2. The zero-order chi connectivity index (χ0) is 11.5. The van der Waals surface area contributed by atoms with Crippen molar-refractivity contribution >= 4 is 11.6 Å². The molecule has 82 valence electrons. The third-order valence-electron chi connectivity index (χ3n) is 2.43. The fraction of sp³-hybridized carbons (Fsp3) is 0.0769. The van der Waals surface area contributed by atoms with Gasteiger partial charge in [0, 0.05) is 12.0 Å². The first-order valence-corrected chi connectivity index (χ1v) is 5.29. The first-order valence-electron chi connectivity index (χ1n) is 4.91. The summed E-state index contributed by atoms with van der Waals surface area (Å²) in [6.07, 6.45) is 0.457. The summed E-state index contributed by atoms with van der Waals surface area (Å²) in [5.41, 5.74) is 1.47. The van der Waals surface area contributed by atoms with Gasteiger partial charge in [-0.3, -0.25) is 0 Å². The molecular formula is C13H11ClO2. The van der Waals surface area contributed by atoms with E-state index in [0.717, 1.165) is 5.56 Å². The predicted octanol–water partition coefficient (Wildman–Crippen LogP) is 3.34. The highest BCUT2D eigenvalue weighted by atomic mass is 35.5. The van der Waals surface area contributed by atoms with Crippen LogP contribution in [0.25, 0.3) is 0 Å². The Morgan fingerprint density at radius 2 is 1.62 bits per heavy atom. The number of benzene rings is 2. The van der Waals surface area contributed by atoms with E-state index in [0.29, 0.717) is 12.0 Å². The summed E-state index contributed by atoms with van der Waals surface area (Å²) >= 11 is 5.79. The molecule has 0 spiro atoms. The van der Waals surface area contributed by atoms with E-state index < -0.39 is 0 Å². The van der Waals surface area contributed by atoms with Gasteiger partial charge in [0.15, 0.2) is 0 Å². The first kappa shape index (κ1) is 10.8. The minimum Gasteiger partial charge on any atom is -0.508 e. The van der Waals surface area contributed by atoms with E-state index in [1.54, 1.807) is 0 Å². The summed E-state index contributed by atoms with van der Waals surface area (Å²) < 4.78 is 0. The fourth-order valence-electron chi connectivity index (χ4n) is 1.57. The van der Waals surface area contributed by atoms with Gasteiger partial charge in [-0.05, 0) is 17.7 Å². The molecule has 0 heterocycles. The van der Waals surface area contributed by atoms with Gasteiger partial charge in [-0.15, -0.1) is 0 Å². The molecule has 0 radical (unpaired) electrons. The number of halogens is 1. The van der Waals surface area contributed by atoms with Crippen molar-refractivity contribution in [3.05, 3.63) is 58.6 Å². The SMILES string of the molecule is Oc1ccc(Cl)c(O)c1Cc1ccccc1. The minimum atomic E-state index is -0.0504. The minimum absolute atomic E-state index is 0.0504. The van der Waals surface area contributed by atoms with E-state index in [2.05, 4.69) is 0 Å². The quantitative estimate of drug-likeness (QED) is 0.837. The van der Waals surface area contributed by atoms with Crippen LogP contribution in [0.4, 0.5) is 0 Å². The summed E-state index contributed by atoms with van der Waals surface area (Å²) in [5.74, 6) is 0.0104. The van der Waals surface area contributed by atoms with E-state index in [-0.39, 0.29) is 16.5 Å². The van der Waals surface area contributed by atoms with Crippen LogP contribution in [0.2, 0.25) is 5.02 Å². The van der Waals surface area contributed by atoms with E-state index in [4.69, 9.17) is 11.6 Å². The number of aromatic hydroxyl groups is 2. The molecule has 0 aliphatic heterocycles. The summed E-state index contributed by atoms with van der Waals surface area (Å²) in [6, 6.07) is 12.6. The van der Waals surface area contributed by atoms with Gasteiger partial charge in [0.05, 0.1) is 5.02 Å². The van der Waals surface area contributed by atoms with E-state index >= 15 is 0 Å². The van der Waals surface area contributed by atoms with Crippen molar-refractivity contribution in [3.8, 4) is 11.5 Å². The zero-order valence-electron chi connectivity index (χ0n) is 8.52. The van der Waals surface area contributed by atoms with Gasteiger partial charge >= 0.3 is 0 Å². The smallest absolute Gasteiger partial charge is 0.141 e. The monoisotopic (exact) mass is 234 g/mol. The first-order chi connectivity index (χ1) is 7.68. The molecule has 0 fully saturated rings. The molecule has 3 heteroatoms. The number of hydrogen-bond donors (Lipinski definition) is 2. The van der Waals surface area contributed by atoms with Crippen LogP contribution in [0.3, 0.4) is 0 Å². The Hall–Kier alpha value is -1.67. The molecule has 2 aromatic carbocycles. The van der Waals surface area contributed by atoms with Crippen LogP contribution in [-0.2, 0) is 6.42 Å². The predicted molar refractivity (Wildman–Crippen MR) is 64.0 cm³/mol. The summed E-state index contributed by atoms with van der Waals surface area (Å²) in [5, 5.41) is 19.7. The second-order valence-corrected chi connectivity index (χ2v) is 3.96. The molecule has 0 atom stereocenters. The molecule has 0 saturated carbocycles. The fourth-order valence-corrected chi connectivity index (χ4v) is 1.75. The third kappa shape index (κ3) is 2.12. The number of phenols is 2. The maximum absolute atomic E-state index is 9.75. The van der Waals surface area contributed by atoms with Gasteiger partial charge in [0.1, 0.15) is 11.5 Å². The van der Waals surface area contributed by atoms with Gasteiger partial charge in [-0.25, -0.2) is 0 Å². The molecule has 2 nitrogen and oxygen atoms in total. The molecule has 2 aromatic rings. The van der Waals surface area contributed by atoms with Crippen molar-refractivity contribution < 1.29 is 10.2 Å². The maximum Gasteiger partial charge on any atom is 0.141 e. The van der Waals surface area contributed by atoms with E-state index in [1.807, 2.05) is 30.3 Å². The maximum atomic E-state index is 9.75. The Balaban J connectivity index is 2.38. The topological polar surface area (TPSA) is 40.5 Å². The Kier molecular flexibility index (Phi) is 3.02. The molecule has 0 aliphatic rings. The normalized spacial score (nSPS) is 10.3. The van der Waals surface area contributed by atoms with Gasteiger partial charge in [0.2, 0.25) is 0 Å². The summed E-state index contributed by atoms with van der Waals surface area (Å²) in [4.78, 5) is 0. The molecule has 16 heavy (non-hydrogen) atoms. The van der Waals surface area contributed by atoms with Crippen LogP contribution in [0, 0.1) is 0 Å². The molecule has 0 saturated heterocycles. The van der Waals surface area contributed by atoms with Crippen molar-refractivity contribution in [3.63, 3.8) is 0 Å². The van der Waals surface area contributed by atoms with E-state index in [1.165, 1.54) is 12.1 Å². The van der Waals surface area contributed by atoms with Crippen LogP contribution in [-0.4, -0.2) is 10.2 Å². The van der Waals surface area contributed by atoms with Gasteiger partial charge < -0.3 is 10.2 Å². The number of rotatable bonds is 2. The van der Waals surface area contributed by atoms with Crippen molar-refractivity contribution in [1.29, 1.82) is 0 Å². The summed E-state index contributed by atoms with van der Waals surface area (Å²) in [6.45, 7) is 0. The highest BCUT2D eigenvalue weighted by Gasteiger charge is 2.11. The molecule has 0 aromatic heterocycles. The highest BCUT2D eigenvalue weighted by molar-refractivity contribution is 6.32. The van der Waals surface area contributed by atoms with Crippen LogP contribution in [0.1, 0.15) is 11.1 Å². The largest absolute Gasteiger partial charge is 0.508 e. The highest BCUT2D eigenvalue weighted by Crippen LogP contribution is 2.35. The third-order valence-corrected chi connectivity index (χ3v) is 2.74. The molecule has 2 N–H and O–H groups in total. The second-order valence-electron chi connectivity index (χ2n) is 3.56. The zero-order valence-corrected chi connectivity index (χ0v) is 9.28. The lowest BCUT2D eigenvalue weighted by atomic mass is 10.0. The van der Waals surface area contributed by atoms with Crippen molar-refractivity contribution in [2.75, 3.05) is 0 Å². The van der Waals surface area contributed by atoms with Crippen LogP contribution < -0.4 is 0 Å². The van der Waals surface area contributed by atoms with Crippen molar-refractivity contribution in [1.82, 2.24) is 0 Å². The Bertz CT molecular complexity index is 495.